The summed E-state index contributed by atoms with van der Waals surface area (Å²) in [6.45, 7) is 15.1. The van der Waals surface area contributed by atoms with Crippen LogP contribution in [-0.2, 0) is 4.57 Å². The summed E-state index contributed by atoms with van der Waals surface area (Å²) in [5.74, 6) is 0. The Balaban J connectivity index is 1.95. The van der Waals surface area contributed by atoms with E-state index in [4.69, 9.17) is 11.6 Å². The first-order valence-corrected chi connectivity index (χ1v) is 13.4. The maximum absolute atomic E-state index is 13.8. The van der Waals surface area contributed by atoms with Crippen LogP contribution in [0.1, 0.15) is 27.7 Å². The van der Waals surface area contributed by atoms with Crippen molar-refractivity contribution >= 4 is 31.1 Å². The van der Waals surface area contributed by atoms with E-state index < -0.39 is 7.44 Å². The fourth-order valence-electron chi connectivity index (χ4n) is 4.12. The van der Waals surface area contributed by atoms with Crippen LogP contribution >= 0.6 is 19.0 Å². The minimum atomic E-state index is -2.91. The summed E-state index contributed by atoms with van der Waals surface area (Å²) in [5, 5.41) is 0. The molecule has 0 unspecified atom stereocenters. The molecule has 30 heavy (non-hydrogen) atoms. The average Bonchev–Trinajstić information content (AvgIpc) is 2.80. The van der Waals surface area contributed by atoms with Crippen molar-refractivity contribution in [2.24, 2.45) is 0 Å². The van der Waals surface area contributed by atoms with Gasteiger partial charge in [-0.2, -0.15) is 0 Å². The lowest BCUT2D eigenvalue weighted by Gasteiger charge is -2.46. The highest BCUT2D eigenvalue weighted by atomic mass is 35.5. The molecule has 0 atom stereocenters. The monoisotopic (exact) mass is 464 g/mol. The highest BCUT2D eigenvalue weighted by Gasteiger charge is 2.41. The van der Waals surface area contributed by atoms with Crippen LogP contribution in [0.4, 0.5) is 9.59 Å². The van der Waals surface area contributed by atoms with Gasteiger partial charge in [0, 0.05) is 78.5 Å². The summed E-state index contributed by atoms with van der Waals surface area (Å²) in [6, 6.07) is 0.0905. The maximum atomic E-state index is 13.8. The summed E-state index contributed by atoms with van der Waals surface area (Å²) >= 11 is 6.24. The van der Waals surface area contributed by atoms with Crippen LogP contribution in [0, 0.1) is 0 Å². The molecule has 0 spiro atoms. The number of piperazine rings is 2. The van der Waals surface area contributed by atoms with E-state index in [2.05, 4.69) is 0 Å². The van der Waals surface area contributed by atoms with Crippen LogP contribution in [-0.4, -0.2) is 125 Å². The van der Waals surface area contributed by atoms with Gasteiger partial charge in [-0.25, -0.2) is 18.9 Å². The Morgan fingerprint density at radius 1 is 0.700 bits per heavy atom. The van der Waals surface area contributed by atoms with Gasteiger partial charge in [-0.3, -0.25) is 4.57 Å². The molecule has 2 aliphatic rings. The van der Waals surface area contributed by atoms with E-state index in [0.717, 1.165) is 0 Å². The number of carbonyl (C=O) groups excluding carboxylic acids is 2. The zero-order chi connectivity index (χ0) is 22.3. The predicted molar refractivity (Wildman–Crippen MR) is 121 cm³/mol. The molecular formula is C19H38ClN6O3P. The van der Waals surface area contributed by atoms with Crippen LogP contribution in [0.2, 0.25) is 0 Å². The van der Waals surface area contributed by atoms with Gasteiger partial charge in [-0.05, 0) is 27.7 Å². The van der Waals surface area contributed by atoms with Crippen LogP contribution in [0.3, 0.4) is 0 Å². The summed E-state index contributed by atoms with van der Waals surface area (Å²) in [7, 11) is -2.91. The van der Waals surface area contributed by atoms with Crippen molar-refractivity contribution in [2.45, 2.75) is 27.7 Å². The third kappa shape index (κ3) is 5.42. The highest BCUT2D eigenvalue weighted by molar-refractivity contribution is 7.60. The summed E-state index contributed by atoms with van der Waals surface area (Å²) in [6.07, 6.45) is 0. The van der Waals surface area contributed by atoms with Crippen molar-refractivity contribution in [3.8, 4) is 0 Å². The lowest BCUT2D eigenvalue weighted by molar-refractivity contribution is 0.127. The number of rotatable bonds is 7. The summed E-state index contributed by atoms with van der Waals surface area (Å²) in [5.41, 5.74) is 0.0565. The van der Waals surface area contributed by atoms with E-state index >= 15 is 0 Å². The third-order valence-electron chi connectivity index (χ3n) is 6.16. The predicted octanol–water partition coefficient (Wildman–Crippen LogP) is 2.53. The standard InChI is InChI=1S/C19H38ClN6O3P/c1-5-21(6-2)18(27)23-9-13-25(14-10-23)30(29,17-20)26-15-11-24(12-16-26)19(28)22(7-3)8-4/h5-17H2,1-4H3. The van der Waals surface area contributed by atoms with Gasteiger partial charge in [0.1, 0.15) is 5.62 Å². The first-order chi connectivity index (χ1) is 14.4. The molecule has 0 bridgehead atoms. The molecule has 0 aliphatic carbocycles. The Labute approximate surface area is 186 Å². The number of alkyl halides is 1. The fourth-order valence-corrected chi connectivity index (χ4v) is 7.29. The summed E-state index contributed by atoms with van der Waals surface area (Å²) < 4.78 is 17.8. The van der Waals surface area contributed by atoms with Crippen molar-refractivity contribution in [3.63, 3.8) is 0 Å². The smallest absolute Gasteiger partial charge is 0.320 e. The second-order valence-corrected chi connectivity index (χ2v) is 11.0. The highest BCUT2D eigenvalue weighted by Crippen LogP contribution is 2.54. The average molecular weight is 465 g/mol. The van der Waals surface area contributed by atoms with Crippen LogP contribution in [0.15, 0.2) is 0 Å². The molecule has 0 saturated carbocycles. The first-order valence-electron chi connectivity index (χ1n) is 11.1. The topological polar surface area (TPSA) is 70.7 Å². The molecule has 0 radical (unpaired) electrons. The van der Waals surface area contributed by atoms with Gasteiger partial charge in [-0.15, -0.1) is 11.6 Å². The Morgan fingerprint density at radius 2 is 1.00 bits per heavy atom. The largest absolute Gasteiger partial charge is 0.325 e. The van der Waals surface area contributed by atoms with Gasteiger partial charge < -0.3 is 19.6 Å². The maximum Gasteiger partial charge on any atom is 0.320 e. The molecule has 0 aromatic heterocycles. The number of carbonyl (C=O) groups is 2. The molecule has 2 aliphatic heterocycles. The molecule has 2 rings (SSSR count). The molecule has 0 aromatic carbocycles. The first kappa shape index (κ1) is 25.2. The second-order valence-electron chi connectivity index (χ2n) is 7.58. The van der Waals surface area contributed by atoms with Crippen LogP contribution < -0.4 is 0 Å². The quantitative estimate of drug-likeness (QED) is 0.427. The third-order valence-corrected chi connectivity index (χ3v) is 9.97. The van der Waals surface area contributed by atoms with Crippen molar-refractivity contribution in [1.29, 1.82) is 0 Å². The SMILES string of the molecule is CCN(CC)C(=O)N1CCN(P(=O)(CCl)N2CCN(C(=O)N(CC)CC)CC2)CC1. The molecule has 2 fully saturated rings. The molecule has 0 aromatic rings. The molecule has 4 amide bonds. The zero-order valence-electron chi connectivity index (χ0n) is 18.9. The van der Waals surface area contributed by atoms with Gasteiger partial charge in [0.15, 0.2) is 0 Å². The number of nitrogens with zero attached hydrogens (tertiary/aromatic N) is 6. The Morgan fingerprint density at radius 3 is 1.23 bits per heavy atom. The minimum absolute atomic E-state index is 0.0453. The lowest BCUT2D eigenvalue weighted by atomic mass is 10.4. The molecule has 2 saturated heterocycles. The van der Waals surface area contributed by atoms with E-state index in [1.807, 2.05) is 56.6 Å². The summed E-state index contributed by atoms with van der Waals surface area (Å²) in [4.78, 5) is 32.4. The van der Waals surface area contributed by atoms with Crippen molar-refractivity contribution in [2.75, 3.05) is 84.2 Å². The molecule has 0 N–H and O–H groups in total. The van der Waals surface area contributed by atoms with Gasteiger partial charge in [0.05, 0.1) is 0 Å². The number of hydrogen-bond acceptors (Lipinski definition) is 3. The normalized spacial score (nSPS) is 19.1. The van der Waals surface area contributed by atoms with Gasteiger partial charge in [0.25, 0.3) is 0 Å². The van der Waals surface area contributed by atoms with E-state index in [1.165, 1.54) is 0 Å². The fraction of sp³-hybridized carbons (Fsp3) is 0.895. The van der Waals surface area contributed by atoms with E-state index in [9.17, 15) is 14.2 Å². The Kier molecular flexibility index (Phi) is 9.72. The minimum Gasteiger partial charge on any atom is -0.325 e. The molecule has 9 nitrogen and oxygen atoms in total. The second kappa shape index (κ2) is 11.6. The van der Waals surface area contributed by atoms with E-state index in [1.54, 1.807) is 0 Å². The van der Waals surface area contributed by atoms with Crippen molar-refractivity contribution in [1.82, 2.24) is 28.9 Å². The zero-order valence-corrected chi connectivity index (χ0v) is 20.6. The van der Waals surface area contributed by atoms with Crippen molar-refractivity contribution in [3.05, 3.63) is 0 Å². The van der Waals surface area contributed by atoms with E-state index in [-0.39, 0.29) is 17.7 Å². The van der Waals surface area contributed by atoms with Crippen LogP contribution in [0.25, 0.3) is 0 Å². The number of urea groups is 2. The Bertz CT molecular complexity index is 567. The number of amides is 4. The van der Waals surface area contributed by atoms with Gasteiger partial charge in [0.2, 0.25) is 7.44 Å². The van der Waals surface area contributed by atoms with E-state index in [0.29, 0.717) is 78.5 Å². The van der Waals surface area contributed by atoms with Gasteiger partial charge >= 0.3 is 12.1 Å². The Hall–Kier alpha value is -1.02. The van der Waals surface area contributed by atoms with Crippen LogP contribution in [0.5, 0.6) is 0 Å². The lowest BCUT2D eigenvalue weighted by Crippen LogP contribution is -2.55. The number of hydrogen-bond donors (Lipinski definition) is 0. The molecule has 11 heteroatoms. The molecule has 174 valence electrons. The van der Waals surface area contributed by atoms with Gasteiger partial charge in [-0.1, -0.05) is 0 Å². The number of halogens is 1. The molecular weight excluding hydrogens is 427 g/mol. The van der Waals surface area contributed by atoms with Crippen molar-refractivity contribution < 1.29 is 14.2 Å². The molecule has 2 heterocycles.